The molecule has 13 nitrogen and oxygen atoms in total. The number of carbonyl (C=O) groups excluding carboxylic acids is 2. The molecule has 0 saturated carbocycles. The lowest BCUT2D eigenvalue weighted by Gasteiger charge is -2.44. The lowest BCUT2D eigenvalue weighted by atomic mass is 9.70. The topological polar surface area (TPSA) is 179 Å². The third-order valence-electron chi connectivity index (χ3n) is 8.27. The maximum atomic E-state index is 13.6. The van der Waals surface area contributed by atoms with E-state index in [0.717, 1.165) is 29.6 Å². The van der Waals surface area contributed by atoms with Crippen molar-refractivity contribution >= 4 is 28.9 Å². The molecule has 0 bridgehead atoms. The smallest absolute Gasteiger partial charge is 0.318 e. The van der Waals surface area contributed by atoms with Gasteiger partial charge in [-0.3, -0.25) is 34.6 Å². The van der Waals surface area contributed by atoms with Crippen LogP contribution in [0.25, 0.3) is 0 Å². The summed E-state index contributed by atoms with van der Waals surface area (Å²) in [7, 11) is 1.38. The van der Waals surface area contributed by atoms with Crippen LogP contribution in [0.4, 0.5) is 11.4 Å². The van der Waals surface area contributed by atoms with Gasteiger partial charge in [0.2, 0.25) is 5.75 Å². The second kappa shape index (κ2) is 12.7. The fourth-order valence-electron chi connectivity index (χ4n) is 6.41. The zero-order chi connectivity index (χ0) is 32.4. The Morgan fingerprint density at radius 3 is 2.18 bits per heavy atom. The number of carbonyl (C=O) groups is 3. The Morgan fingerprint density at radius 2 is 1.64 bits per heavy atom. The highest BCUT2D eigenvalue weighted by Gasteiger charge is 2.43. The molecule has 0 spiro atoms. The monoisotopic (exact) mass is 617 g/mol. The van der Waals surface area contributed by atoms with Crippen molar-refractivity contribution < 1.29 is 38.8 Å². The zero-order valence-corrected chi connectivity index (χ0v) is 24.6. The van der Waals surface area contributed by atoms with E-state index < -0.39 is 33.1 Å². The number of allylic oxidation sites excluding steroid dienone is 5. The Bertz CT molecular complexity index is 1660. The van der Waals surface area contributed by atoms with Crippen LogP contribution in [-0.4, -0.2) is 51.0 Å². The third kappa shape index (κ3) is 5.93. The molecule has 2 aliphatic carbocycles. The number of carboxylic acid groups (broad SMARTS) is 1. The number of nitro benzene ring substituents is 2. The third-order valence-corrected chi connectivity index (χ3v) is 8.27. The van der Waals surface area contributed by atoms with Crippen LogP contribution < -0.4 is 9.47 Å². The van der Waals surface area contributed by atoms with Crippen LogP contribution >= 0.6 is 0 Å². The van der Waals surface area contributed by atoms with E-state index in [0.29, 0.717) is 60.8 Å². The first-order chi connectivity index (χ1) is 21.5. The summed E-state index contributed by atoms with van der Waals surface area (Å²) in [5.74, 6) is -1.89. The van der Waals surface area contributed by atoms with Gasteiger partial charge in [0.15, 0.2) is 23.1 Å². The molecule has 2 aromatic carbocycles. The van der Waals surface area contributed by atoms with E-state index in [1.807, 2.05) is 4.90 Å². The van der Waals surface area contributed by atoms with Crippen LogP contribution in [0, 0.1) is 20.2 Å². The fraction of sp³-hybridized carbons (Fsp3) is 0.344. The zero-order valence-electron chi connectivity index (χ0n) is 24.6. The van der Waals surface area contributed by atoms with E-state index in [9.17, 15) is 39.7 Å². The largest absolute Gasteiger partial charge is 0.493 e. The standard InChI is InChI=1S/C32H31N3O10/c1-3-6-18-15-19(16-27(44-2)32(18)45-26-12-11-20(34(40)41)17-23(26)35(42)43)29-30-21(7-4-9-24(30)36)33(14-13-28(38)39)22-8-5-10-25(37)31(22)29/h3,11-12,15-17,29H,1,4-10,13-14H2,2H3,(H,38,39). The molecule has 0 fully saturated rings. The fourth-order valence-corrected chi connectivity index (χ4v) is 6.41. The minimum absolute atomic E-state index is 0.113. The van der Waals surface area contributed by atoms with Gasteiger partial charge in [0.1, 0.15) is 0 Å². The molecule has 0 unspecified atom stereocenters. The number of ketones is 2. The lowest BCUT2D eigenvalue weighted by Crippen LogP contribution is -2.40. The highest BCUT2D eigenvalue weighted by Crippen LogP contribution is 2.51. The van der Waals surface area contributed by atoms with Gasteiger partial charge in [0.05, 0.1) is 29.4 Å². The van der Waals surface area contributed by atoms with Crippen molar-refractivity contribution in [1.82, 2.24) is 4.90 Å². The highest BCUT2D eigenvalue weighted by molar-refractivity contribution is 6.06. The molecule has 1 heterocycles. The van der Waals surface area contributed by atoms with Crippen molar-refractivity contribution in [3.8, 4) is 17.2 Å². The molecule has 13 heteroatoms. The van der Waals surface area contributed by atoms with Crippen molar-refractivity contribution in [2.75, 3.05) is 13.7 Å². The van der Waals surface area contributed by atoms with Gasteiger partial charge < -0.3 is 19.5 Å². The second-order valence-corrected chi connectivity index (χ2v) is 11.0. The Morgan fingerprint density at radius 1 is 1.00 bits per heavy atom. The Labute approximate surface area is 257 Å². The average Bonchev–Trinajstić information content (AvgIpc) is 3.00. The van der Waals surface area contributed by atoms with Crippen molar-refractivity contribution in [1.29, 1.82) is 0 Å². The molecule has 1 aliphatic heterocycles. The molecule has 2 aromatic rings. The summed E-state index contributed by atoms with van der Waals surface area (Å²) in [5, 5.41) is 32.5. The van der Waals surface area contributed by atoms with Gasteiger partial charge in [0.25, 0.3) is 5.69 Å². The Kier molecular flexibility index (Phi) is 8.80. The highest BCUT2D eigenvalue weighted by atomic mass is 16.6. The molecular formula is C32H31N3O10. The number of rotatable bonds is 11. The molecule has 1 N–H and O–H groups in total. The number of methoxy groups -OCH3 is 1. The normalized spacial score (nSPS) is 16.7. The molecule has 0 atom stereocenters. The maximum absolute atomic E-state index is 13.6. The molecule has 3 aliphatic rings. The number of non-ortho nitro benzene ring substituents is 1. The number of hydrogen-bond donors (Lipinski definition) is 1. The summed E-state index contributed by atoms with van der Waals surface area (Å²) in [4.78, 5) is 62.1. The van der Waals surface area contributed by atoms with Crippen molar-refractivity contribution in [2.45, 2.75) is 57.3 Å². The van der Waals surface area contributed by atoms with Crippen LogP contribution in [0.1, 0.15) is 62.0 Å². The molecule has 0 amide bonds. The summed E-state index contributed by atoms with van der Waals surface area (Å²) in [6.07, 6.45) is 4.58. The van der Waals surface area contributed by atoms with Crippen LogP contribution in [0.2, 0.25) is 0 Å². The number of aliphatic carboxylic acids is 1. The van der Waals surface area contributed by atoms with Gasteiger partial charge in [-0.2, -0.15) is 0 Å². The van der Waals surface area contributed by atoms with Gasteiger partial charge in [0, 0.05) is 59.5 Å². The van der Waals surface area contributed by atoms with Gasteiger partial charge in [-0.05, 0) is 49.8 Å². The molecule has 5 rings (SSSR count). The number of nitrogens with zero attached hydrogens (tertiary/aromatic N) is 3. The van der Waals surface area contributed by atoms with Gasteiger partial charge in [-0.25, -0.2) is 0 Å². The van der Waals surface area contributed by atoms with Gasteiger partial charge >= 0.3 is 11.7 Å². The van der Waals surface area contributed by atoms with Crippen LogP contribution in [0.15, 0.2) is 65.5 Å². The minimum atomic E-state index is -0.978. The summed E-state index contributed by atoms with van der Waals surface area (Å²) in [5.41, 5.74) is 2.39. The van der Waals surface area contributed by atoms with Gasteiger partial charge in [-0.1, -0.05) is 12.1 Å². The number of ether oxygens (including phenoxy) is 2. The number of Topliss-reactive ketones (excluding diaryl/α,β-unsaturated/α-hetero) is 2. The second-order valence-electron chi connectivity index (χ2n) is 11.0. The number of hydrogen-bond acceptors (Lipinski definition) is 10. The van der Waals surface area contributed by atoms with Crippen LogP contribution in [0.3, 0.4) is 0 Å². The Balaban J connectivity index is 1.69. The Hall–Kier alpha value is -5.33. The predicted molar refractivity (Wildman–Crippen MR) is 160 cm³/mol. The number of nitro groups is 2. The number of benzene rings is 2. The SMILES string of the molecule is C=CCc1cc(C2C3=C(CCCC3=O)N(CCC(=O)O)C3=C2C(=O)CCC3)cc(OC)c1Oc1ccc([N+](=O)[O-])cc1[N+](=O)[O-]. The van der Waals surface area contributed by atoms with Crippen LogP contribution in [0.5, 0.6) is 17.2 Å². The molecule has 45 heavy (non-hydrogen) atoms. The predicted octanol–water partition coefficient (Wildman–Crippen LogP) is 5.92. The summed E-state index contributed by atoms with van der Waals surface area (Å²) >= 11 is 0. The molecule has 0 aromatic heterocycles. The summed E-state index contributed by atoms with van der Waals surface area (Å²) < 4.78 is 11.7. The quantitative estimate of drug-likeness (QED) is 0.180. The lowest BCUT2D eigenvalue weighted by molar-refractivity contribution is -0.394. The average molecular weight is 618 g/mol. The van der Waals surface area contributed by atoms with E-state index in [-0.39, 0.29) is 48.2 Å². The molecule has 0 saturated heterocycles. The van der Waals surface area contributed by atoms with Crippen molar-refractivity contribution in [3.63, 3.8) is 0 Å². The van der Waals surface area contributed by atoms with E-state index in [4.69, 9.17) is 9.47 Å². The first-order valence-electron chi connectivity index (χ1n) is 14.5. The molecular weight excluding hydrogens is 586 g/mol. The van der Waals surface area contributed by atoms with E-state index in [2.05, 4.69) is 6.58 Å². The van der Waals surface area contributed by atoms with Gasteiger partial charge in [-0.15, -0.1) is 6.58 Å². The minimum Gasteiger partial charge on any atom is -0.493 e. The van der Waals surface area contributed by atoms with E-state index in [1.54, 1.807) is 18.2 Å². The van der Waals surface area contributed by atoms with Crippen LogP contribution in [-0.2, 0) is 20.8 Å². The van der Waals surface area contributed by atoms with E-state index >= 15 is 0 Å². The van der Waals surface area contributed by atoms with E-state index in [1.165, 1.54) is 7.11 Å². The molecule has 234 valence electrons. The van der Waals surface area contributed by atoms with Crippen molar-refractivity contribution in [2.24, 2.45) is 0 Å². The summed E-state index contributed by atoms with van der Waals surface area (Å²) in [6, 6.07) is 6.44. The first kappa shape index (κ1) is 31.1. The maximum Gasteiger partial charge on any atom is 0.318 e. The molecule has 0 radical (unpaired) electrons. The number of carboxylic acids is 1. The van der Waals surface area contributed by atoms with Crippen molar-refractivity contribution in [3.05, 3.63) is 96.9 Å². The summed E-state index contributed by atoms with van der Waals surface area (Å²) in [6.45, 7) is 3.96. The first-order valence-corrected chi connectivity index (χ1v) is 14.5.